The third kappa shape index (κ3) is 3.19. The Balaban J connectivity index is 2.42. The number of hydrogen-bond donors (Lipinski definition) is 0. The summed E-state index contributed by atoms with van der Waals surface area (Å²) < 4.78 is 0. The van der Waals surface area contributed by atoms with E-state index in [4.69, 9.17) is 0 Å². The molecule has 0 fully saturated rings. The fourth-order valence-electron chi connectivity index (χ4n) is 1.81. The maximum absolute atomic E-state index is 10.4. The number of carbonyl (C=O) groups excluding carboxylic acids is 1. The zero-order valence-electron chi connectivity index (χ0n) is 10.7. The van der Waals surface area contributed by atoms with Gasteiger partial charge >= 0.3 is 0 Å². The standard InChI is InChI=1S/C17H13NO/c1-2-14-7-3-4-8-15(14)11-12-16-9-5-6-10-17(16)18-13-19/h3-10H,2H2,1H3. The minimum atomic E-state index is 0.555. The molecule has 0 amide bonds. The average molecular weight is 247 g/mol. The highest BCUT2D eigenvalue weighted by Gasteiger charge is 1.98. The van der Waals surface area contributed by atoms with E-state index in [1.807, 2.05) is 36.4 Å². The minimum absolute atomic E-state index is 0.555. The van der Waals surface area contributed by atoms with E-state index in [-0.39, 0.29) is 0 Å². The molecule has 2 aromatic rings. The number of aliphatic imine (C=N–C) groups is 1. The summed E-state index contributed by atoms with van der Waals surface area (Å²) in [5, 5.41) is 0. The summed E-state index contributed by atoms with van der Waals surface area (Å²) in [7, 11) is 0. The monoisotopic (exact) mass is 247 g/mol. The highest BCUT2D eigenvalue weighted by Crippen LogP contribution is 2.17. The van der Waals surface area contributed by atoms with Gasteiger partial charge in [0.1, 0.15) is 0 Å². The zero-order chi connectivity index (χ0) is 13.5. The van der Waals surface area contributed by atoms with E-state index >= 15 is 0 Å². The van der Waals surface area contributed by atoms with Crippen LogP contribution in [0.2, 0.25) is 0 Å². The van der Waals surface area contributed by atoms with Crippen LogP contribution in [0.5, 0.6) is 0 Å². The van der Waals surface area contributed by atoms with Crippen molar-refractivity contribution in [1.29, 1.82) is 0 Å². The van der Waals surface area contributed by atoms with Crippen LogP contribution in [0.15, 0.2) is 53.5 Å². The fourth-order valence-corrected chi connectivity index (χ4v) is 1.81. The highest BCUT2D eigenvalue weighted by molar-refractivity contribution is 5.61. The van der Waals surface area contributed by atoms with Gasteiger partial charge in [0.05, 0.1) is 11.3 Å². The van der Waals surface area contributed by atoms with Crippen LogP contribution in [-0.4, -0.2) is 6.08 Å². The first-order valence-electron chi connectivity index (χ1n) is 6.12. The molecule has 0 spiro atoms. The quantitative estimate of drug-likeness (QED) is 0.453. The van der Waals surface area contributed by atoms with E-state index < -0.39 is 0 Å². The predicted octanol–water partition coefficient (Wildman–Crippen LogP) is 3.62. The first-order chi connectivity index (χ1) is 9.35. The van der Waals surface area contributed by atoms with Crippen LogP contribution in [-0.2, 0) is 11.2 Å². The highest BCUT2D eigenvalue weighted by atomic mass is 16.1. The van der Waals surface area contributed by atoms with Crippen molar-refractivity contribution in [2.45, 2.75) is 13.3 Å². The van der Waals surface area contributed by atoms with Crippen LogP contribution in [0.25, 0.3) is 0 Å². The summed E-state index contributed by atoms with van der Waals surface area (Å²) >= 11 is 0. The Bertz CT molecular complexity index is 686. The number of para-hydroxylation sites is 1. The Morgan fingerprint density at radius 2 is 1.58 bits per heavy atom. The van der Waals surface area contributed by atoms with Gasteiger partial charge in [0.25, 0.3) is 0 Å². The van der Waals surface area contributed by atoms with Gasteiger partial charge in [-0.15, -0.1) is 0 Å². The first-order valence-corrected chi connectivity index (χ1v) is 6.12. The maximum Gasteiger partial charge on any atom is 0.240 e. The summed E-state index contributed by atoms with van der Waals surface area (Å²) in [6.07, 6.45) is 2.50. The normalized spacial score (nSPS) is 9.11. The van der Waals surface area contributed by atoms with E-state index in [2.05, 4.69) is 29.8 Å². The van der Waals surface area contributed by atoms with Gasteiger partial charge in [-0.2, -0.15) is 4.99 Å². The summed E-state index contributed by atoms with van der Waals surface area (Å²) in [6.45, 7) is 2.10. The molecule has 0 saturated carbocycles. The molecule has 0 N–H and O–H groups in total. The molecule has 0 aliphatic heterocycles. The topological polar surface area (TPSA) is 29.4 Å². The van der Waals surface area contributed by atoms with E-state index in [1.54, 1.807) is 12.1 Å². The molecule has 2 rings (SSSR count). The third-order valence-corrected chi connectivity index (χ3v) is 2.80. The van der Waals surface area contributed by atoms with Gasteiger partial charge in [0.15, 0.2) is 0 Å². The van der Waals surface area contributed by atoms with E-state index in [1.165, 1.54) is 5.56 Å². The SMILES string of the molecule is CCc1ccccc1C#Cc1ccccc1N=C=O. The van der Waals surface area contributed by atoms with Gasteiger partial charge in [-0.1, -0.05) is 49.1 Å². The Hall–Kier alpha value is -2.62. The molecule has 0 radical (unpaired) electrons. The lowest BCUT2D eigenvalue weighted by Crippen LogP contribution is -1.86. The number of hydrogen-bond acceptors (Lipinski definition) is 2. The van der Waals surface area contributed by atoms with Gasteiger partial charge in [0, 0.05) is 5.56 Å². The molecule has 0 aliphatic rings. The van der Waals surface area contributed by atoms with Crippen LogP contribution in [0.3, 0.4) is 0 Å². The Labute approximate surface area is 112 Å². The average Bonchev–Trinajstić information content (AvgIpc) is 2.47. The maximum atomic E-state index is 10.4. The van der Waals surface area contributed by atoms with Gasteiger partial charge in [-0.3, -0.25) is 0 Å². The molecule has 0 aromatic heterocycles. The molecule has 2 nitrogen and oxygen atoms in total. The molecule has 0 bridgehead atoms. The number of rotatable bonds is 2. The van der Waals surface area contributed by atoms with Crippen LogP contribution in [0.4, 0.5) is 5.69 Å². The molecule has 92 valence electrons. The van der Waals surface area contributed by atoms with Crippen LogP contribution in [0.1, 0.15) is 23.6 Å². The largest absolute Gasteiger partial charge is 0.240 e. The van der Waals surface area contributed by atoms with Gasteiger partial charge in [-0.25, -0.2) is 4.79 Å². The summed E-state index contributed by atoms with van der Waals surface area (Å²) in [5.41, 5.74) is 3.51. The van der Waals surface area contributed by atoms with E-state index in [0.29, 0.717) is 5.69 Å². The van der Waals surface area contributed by atoms with Crippen molar-refractivity contribution in [2.24, 2.45) is 4.99 Å². The molecule has 19 heavy (non-hydrogen) atoms. The molecular formula is C17H13NO. The summed E-state index contributed by atoms with van der Waals surface area (Å²) in [6, 6.07) is 15.3. The van der Waals surface area contributed by atoms with Crippen molar-refractivity contribution in [3.63, 3.8) is 0 Å². The van der Waals surface area contributed by atoms with Crippen molar-refractivity contribution in [2.75, 3.05) is 0 Å². The van der Waals surface area contributed by atoms with Crippen LogP contribution in [0, 0.1) is 11.8 Å². The van der Waals surface area contributed by atoms with Gasteiger partial charge in [-0.05, 0) is 30.2 Å². The predicted molar refractivity (Wildman–Crippen MR) is 76.0 cm³/mol. The van der Waals surface area contributed by atoms with Crippen molar-refractivity contribution in [1.82, 2.24) is 0 Å². The minimum Gasteiger partial charge on any atom is -0.211 e. The summed E-state index contributed by atoms with van der Waals surface area (Å²) in [5.74, 6) is 6.21. The van der Waals surface area contributed by atoms with E-state index in [9.17, 15) is 4.79 Å². The second-order valence-corrected chi connectivity index (χ2v) is 3.98. The number of aryl methyl sites for hydroxylation is 1. The molecule has 0 saturated heterocycles. The van der Waals surface area contributed by atoms with Gasteiger partial charge in [0.2, 0.25) is 6.08 Å². The van der Waals surface area contributed by atoms with Crippen molar-refractivity contribution < 1.29 is 4.79 Å². The Morgan fingerprint density at radius 3 is 2.32 bits per heavy atom. The van der Waals surface area contributed by atoms with Crippen molar-refractivity contribution in [3.05, 3.63) is 65.2 Å². The molecule has 0 aliphatic carbocycles. The first kappa shape index (κ1) is 12.8. The summed E-state index contributed by atoms with van der Waals surface area (Å²) in [4.78, 5) is 14.0. The Kier molecular flexibility index (Phi) is 4.29. The number of isocyanates is 1. The third-order valence-electron chi connectivity index (χ3n) is 2.80. The van der Waals surface area contributed by atoms with Crippen molar-refractivity contribution >= 4 is 11.8 Å². The van der Waals surface area contributed by atoms with E-state index in [0.717, 1.165) is 17.5 Å². The lowest BCUT2D eigenvalue weighted by atomic mass is 10.1. The lowest BCUT2D eigenvalue weighted by Gasteiger charge is -1.99. The smallest absolute Gasteiger partial charge is 0.211 e. The van der Waals surface area contributed by atoms with Gasteiger partial charge < -0.3 is 0 Å². The molecule has 0 atom stereocenters. The number of nitrogens with zero attached hydrogens (tertiary/aromatic N) is 1. The molecule has 2 aromatic carbocycles. The molecule has 0 unspecified atom stereocenters. The Morgan fingerprint density at radius 1 is 0.947 bits per heavy atom. The van der Waals surface area contributed by atoms with Crippen LogP contribution >= 0.6 is 0 Å². The molecule has 2 heteroatoms. The van der Waals surface area contributed by atoms with Crippen LogP contribution < -0.4 is 0 Å². The lowest BCUT2D eigenvalue weighted by molar-refractivity contribution is 0.565. The zero-order valence-corrected chi connectivity index (χ0v) is 10.7. The number of benzene rings is 2. The molecule has 0 heterocycles. The second kappa shape index (κ2) is 6.35. The fraction of sp³-hybridized carbons (Fsp3) is 0.118. The van der Waals surface area contributed by atoms with Crippen molar-refractivity contribution in [3.8, 4) is 11.8 Å². The second-order valence-electron chi connectivity index (χ2n) is 3.98. The molecular weight excluding hydrogens is 234 g/mol.